The number of hydrogen-bond donors (Lipinski definition) is 2. The normalized spacial score (nSPS) is 25.4. The van der Waals surface area contributed by atoms with Gasteiger partial charge in [-0.05, 0) is 58.9 Å². The van der Waals surface area contributed by atoms with Crippen LogP contribution in [0.25, 0.3) is 0 Å². The molecule has 1 aliphatic rings. The van der Waals surface area contributed by atoms with Crippen LogP contribution in [-0.2, 0) is 13.6 Å². The average molecular weight is 599 g/mol. The van der Waals surface area contributed by atoms with Crippen molar-refractivity contribution in [3.05, 3.63) is 30.6 Å². The first-order valence-corrected chi connectivity index (χ1v) is 17.8. The molecule has 0 aromatic carbocycles. The molecule has 8 nitrogen and oxygen atoms in total. The van der Waals surface area contributed by atoms with Crippen molar-refractivity contribution in [1.29, 1.82) is 0 Å². The van der Waals surface area contributed by atoms with Gasteiger partial charge in [0, 0.05) is 6.20 Å². The molecular formula is C21H39IN2O6Si2. The minimum absolute atomic E-state index is 0.0192. The number of aromatic nitrogens is 2. The topological polar surface area (TPSA) is 103 Å². The molecule has 0 aliphatic carbocycles. The van der Waals surface area contributed by atoms with Crippen molar-refractivity contribution in [1.82, 2.24) is 9.55 Å². The molecule has 1 aromatic rings. The van der Waals surface area contributed by atoms with Crippen molar-refractivity contribution in [2.24, 2.45) is 0 Å². The lowest BCUT2D eigenvalue weighted by Gasteiger charge is -2.41. The Morgan fingerprint density at radius 2 is 1.62 bits per heavy atom. The van der Waals surface area contributed by atoms with E-state index in [0.29, 0.717) is 3.57 Å². The molecule has 1 aromatic heterocycles. The maximum atomic E-state index is 12.5. The number of aromatic amines is 1. The third-order valence-corrected chi connectivity index (χ3v) is 16.9. The Morgan fingerprint density at radius 3 is 2.12 bits per heavy atom. The number of rotatable bonds is 6. The van der Waals surface area contributed by atoms with Gasteiger partial charge in [0.25, 0.3) is 5.56 Å². The van der Waals surface area contributed by atoms with Gasteiger partial charge in [-0.15, -0.1) is 0 Å². The van der Waals surface area contributed by atoms with Gasteiger partial charge in [-0.25, -0.2) is 4.79 Å². The summed E-state index contributed by atoms with van der Waals surface area (Å²) in [4.78, 5) is 26.6. The molecule has 0 radical (unpaired) electrons. The van der Waals surface area contributed by atoms with E-state index in [-0.39, 0.29) is 16.7 Å². The lowest BCUT2D eigenvalue weighted by atomic mass is 10.1. The van der Waals surface area contributed by atoms with Crippen LogP contribution >= 0.6 is 22.6 Å². The number of hydrogen-bond acceptors (Lipinski definition) is 6. The van der Waals surface area contributed by atoms with Gasteiger partial charge in [0.15, 0.2) is 22.9 Å². The second-order valence-electron chi connectivity index (χ2n) is 11.6. The summed E-state index contributed by atoms with van der Waals surface area (Å²) >= 11 is 1.85. The summed E-state index contributed by atoms with van der Waals surface area (Å²) in [5, 5.41) is 11.2. The van der Waals surface area contributed by atoms with E-state index in [2.05, 4.69) is 72.7 Å². The van der Waals surface area contributed by atoms with Crippen molar-refractivity contribution in [2.75, 3.05) is 6.61 Å². The molecule has 1 aliphatic heterocycles. The summed E-state index contributed by atoms with van der Waals surface area (Å²) in [7, 11) is -4.33. The Morgan fingerprint density at radius 1 is 1.09 bits per heavy atom. The van der Waals surface area contributed by atoms with E-state index >= 15 is 0 Å². The molecule has 2 heterocycles. The lowest BCUT2D eigenvalue weighted by Crippen LogP contribution is -2.51. The molecule has 1 saturated heterocycles. The zero-order valence-corrected chi connectivity index (χ0v) is 25.1. The van der Waals surface area contributed by atoms with Crippen LogP contribution < -0.4 is 11.2 Å². The molecule has 0 bridgehead atoms. The molecule has 0 unspecified atom stereocenters. The van der Waals surface area contributed by atoms with E-state index in [1.54, 1.807) is 0 Å². The SMILES string of the molecule is CC(C)(C)[Si](C)(C)OC[C@H]1O[C@@H](n2cc(I)c(=O)[nH]c2=O)[C@H](O)[C@@H]1O[Si](C)(C)C(C)(C)C. The van der Waals surface area contributed by atoms with Crippen LogP contribution in [-0.4, -0.2) is 56.2 Å². The molecule has 4 atom stereocenters. The van der Waals surface area contributed by atoms with Crippen molar-refractivity contribution in [2.45, 2.75) is 102 Å². The van der Waals surface area contributed by atoms with Gasteiger partial charge in [-0.3, -0.25) is 14.3 Å². The first-order chi connectivity index (χ1) is 14.3. The fourth-order valence-electron chi connectivity index (χ4n) is 2.90. The Bertz CT molecular complexity index is 932. The Balaban J connectivity index is 2.41. The number of aliphatic hydroxyl groups excluding tert-OH is 1. The predicted molar refractivity (Wildman–Crippen MR) is 139 cm³/mol. The lowest BCUT2D eigenvalue weighted by molar-refractivity contribution is -0.0529. The Labute approximate surface area is 206 Å². The number of aliphatic hydroxyl groups is 1. The molecule has 184 valence electrons. The van der Waals surface area contributed by atoms with Crippen LogP contribution in [0.4, 0.5) is 0 Å². The second kappa shape index (κ2) is 9.38. The standard InChI is InChI=1S/C21H39IN2O6Si2/c1-20(2,3)31(7,8)28-12-14-16(30-32(9,10)21(4,5)6)15(25)18(29-14)24-11-13(22)17(26)23-19(24)27/h11,14-16,18,25H,12H2,1-10H3,(H,23,26,27)/t14-,15-,16-,18-/m1/s1. The maximum Gasteiger partial charge on any atom is 0.330 e. The first-order valence-electron chi connectivity index (χ1n) is 10.9. The molecule has 0 spiro atoms. The molecule has 0 saturated carbocycles. The van der Waals surface area contributed by atoms with E-state index in [1.807, 2.05) is 22.6 Å². The van der Waals surface area contributed by atoms with Crippen molar-refractivity contribution in [3.8, 4) is 0 Å². The van der Waals surface area contributed by atoms with Gasteiger partial charge in [0.05, 0.1) is 10.2 Å². The van der Waals surface area contributed by atoms with Gasteiger partial charge < -0.3 is 18.7 Å². The smallest absolute Gasteiger partial charge is 0.330 e. The van der Waals surface area contributed by atoms with E-state index in [4.69, 9.17) is 13.6 Å². The van der Waals surface area contributed by atoms with E-state index in [0.717, 1.165) is 0 Å². The predicted octanol–water partition coefficient (Wildman–Crippen LogP) is 3.81. The van der Waals surface area contributed by atoms with Crippen LogP contribution in [0.15, 0.2) is 15.8 Å². The average Bonchev–Trinajstić information content (AvgIpc) is 2.90. The minimum atomic E-state index is -2.26. The number of nitrogens with zero attached hydrogens (tertiary/aromatic N) is 1. The van der Waals surface area contributed by atoms with Gasteiger partial charge in [-0.1, -0.05) is 41.5 Å². The van der Waals surface area contributed by atoms with Gasteiger partial charge in [-0.2, -0.15) is 0 Å². The summed E-state index contributed by atoms with van der Waals surface area (Å²) < 4.78 is 20.8. The van der Waals surface area contributed by atoms with E-state index in [1.165, 1.54) is 10.8 Å². The Kier molecular flexibility index (Phi) is 8.19. The van der Waals surface area contributed by atoms with Crippen LogP contribution in [0.1, 0.15) is 47.8 Å². The highest BCUT2D eigenvalue weighted by atomic mass is 127. The summed E-state index contributed by atoms with van der Waals surface area (Å²) in [6.07, 6.45) is -1.85. The zero-order valence-electron chi connectivity index (χ0n) is 20.9. The van der Waals surface area contributed by atoms with Gasteiger partial charge >= 0.3 is 5.69 Å². The highest BCUT2D eigenvalue weighted by molar-refractivity contribution is 14.1. The van der Waals surface area contributed by atoms with Crippen LogP contribution in [0.2, 0.25) is 36.3 Å². The fraction of sp³-hybridized carbons (Fsp3) is 0.810. The van der Waals surface area contributed by atoms with Crippen LogP contribution in [0, 0.1) is 3.57 Å². The summed E-state index contributed by atoms with van der Waals surface area (Å²) in [6.45, 7) is 21.7. The van der Waals surface area contributed by atoms with Crippen LogP contribution in [0.5, 0.6) is 0 Å². The molecule has 32 heavy (non-hydrogen) atoms. The summed E-state index contributed by atoms with van der Waals surface area (Å²) in [5.41, 5.74) is -1.09. The molecule has 1 fully saturated rings. The quantitative estimate of drug-likeness (QED) is 0.382. The maximum absolute atomic E-state index is 12.5. The van der Waals surface area contributed by atoms with Crippen molar-refractivity contribution < 1.29 is 18.7 Å². The molecular weight excluding hydrogens is 559 g/mol. The highest BCUT2D eigenvalue weighted by Crippen LogP contribution is 2.42. The largest absolute Gasteiger partial charge is 0.414 e. The third-order valence-electron chi connectivity index (χ3n) is 7.16. The Hall–Kier alpha value is -0.316. The van der Waals surface area contributed by atoms with Gasteiger partial charge in [0.2, 0.25) is 0 Å². The fourth-order valence-corrected chi connectivity index (χ4v) is 5.68. The van der Waals surface area contributed by atoms with Crippen molar-refractivity contribution in [3.63, 3.8) is 0 Å². The van der Waals surface area contributed by atoms with E-state index in [9.17, 15) is 14.7 Å². The van der Waals surface area contributed by atoms with E-state index < -0.39 is 52.4 Å². The van der Waals surface area contributed by atoms with Crippen LogP contribution in [0.3, 0.4) is 0 Å². The number of H-pyrrole nitrogens is 1. The third kappa shape index (κ3) is 5.84. The summed E-state index contributed by atoms with van der Waals surface area (Å²) in [5.74, 6) is 0. The number of halogens is 1. The molecule has 2 N–H and O–H groups in total. The molecule has 2 rings (SSSR count). The monoisotopic (exact) mass is 598 g/mol. The molecule has 11 heteroatoms. The molecule has 0 amide bonds. The van der Waals surface area contributed by atoms with Gasteiger partial charge in [0.1, 0.15) is 18.3 Å². The second-order valence-corrected chi connectivity index (χ2v) is 22.3. The highest BCUT2D eigenvalue weighted by Gasteiger charge is 2.51. The van der Waals surface area contributed by atoms with Crippen molar-refractivity contribution >= 4 is 39.2 Å². The summed E-state index contributed by atoms with van der Waals surface area (Å²) in [6, 6.07) is 0. The minimum Gasteiger partial charge on any atom is -0.414 e. The first kappa shape index (κ1) is 27.9. The number of nitrogens with one attached hydrogen (secondary N) is 1. The zero-order chi connectivity index (χ0) is 24.9. The number of ether oxygens (including phenoxy) is 1.